The average Bonchev–Trinajstić information content (AvgIpc) is 2.50. The van der Waals surface area contributed by atoms with Crippen LogP contribution < -0.4 is 0 Å². The van der Waals surface area contributed by atoms with Crippen molar-refractivity contribution in [2.24, 2.45) is 11.8 Å². The van der Waals surface area contributed by atoms with Crippen molar-refractivity contribution in [1.82, 2.24) is 0 Å². The second-order valence-electron chi connectivity index (χ2n) is 5.33. The van der Waals surface area contributed by atoms with E-state index >= 15 is 0 Å². The molecule has 1 aliphatic heterocycles. The molecule has 1 saturated heterocycles. The molecule has 1 heterocycles. The Bertz CT molecular complexity index is 497. The van der Waals surface area contributed by atoms with E-state index < -0.39 is 18.0 Å². The number of benzene rings is 1. The van der Waals surface area contributed by atoms with Crippen molar-refractivity contribution in [2.75, 3.05) is 6.61 Å². The summed E-state index contributed by atoms with van der Waals surface area (Å²) in [7, 11) is 0. The van der Waals surface area contributed by atoms with Gasteiger partial charge >= 0.3 is 5.97 Å². The van der Waals surface area contributed by atoms with Crippen molar-refractivity contribution >= 4 is 11.8 Å². The maximum Gasteiger partial charge on any atom is 0.319 e. The SMILES string of the molecule is CCOC(=O)C1C(=O)C(C)C(CC)OC1c1ccccc1. The lowest BCUT2D eigenvalue weighted by Gasteiger charge is -2.38. The average molecular weight is 290 g/mol. The van der Waals surface area contributed by atoms with Gasteiger partial charge < -0.3 is 9.47 Å². The largest absolute Gasteiger partial charge is 0.465 e. The molecule has 4 atom stereocenters. The van der Waals surface area contributed by atoms with Gasteiger partial charge in [-0.2, -0.15) is 0 Å². The van der Waals surface area contributed by atoms with Gasteiger partial charge in [-0.05, 0) is 18.9 Å². The monoisotopic (exact) mass is 290 g/mol. The summed E-state index contributed by atoms with van der Waals surface area (Å²) in [5, 5.41) is 0. The second kappa shape index (κ2) is 6.85. The van der Waals surface area contributed by atoms with Crippen molar-refractivity contribution in [3.8, 4) is 0 Å². The highest BCUT2D eigenvalue weighted by molar-refractivity contribution is 6.01. The summed E-state index contributed by atoms with van der Waals surface area (Å²) >= 11 is 0. The lowest BCUT2D eigenvalue weighted by Crippen LogP contribution is -2.46. The zero-order valence-electron chi connectivity index (χ0n) is 12.7. The molecule has 0 N–H and O–H groups in total. The Kier molecular flexibility index (Phi) is 5.12. The van der Waals surface area contributed by atoms with E-state index in [4.69, 9.17) is 9.47 Å². The first kappa shape index (κ1) is 15.7. The molecule has 4 unspecified atom stereocenters. The molecule has 0 aromatic heterocycles. The minimum Gasteiger partial charge on any atom is -0.465 e. The minimum atomic E-state index is -0.870. The fourth-order valence-electron chi connectivity index (χ4n) is 2.84. The fourth-order valence-corrected chi connectivity index (χ4v) is 2.84. The first-order valence-electron chi connectivity index (χ1n) is 7.50. The third-order valence-corrected chi connectivity index (χ3v) is 4.01. The highest BCUT2D eigenvalue weighted by Gasteiger charge is 2.47. The van der Waals surface area contributed by atoms with E-state index in [0.717, 1.165) is 12.0 Å². The van der Waals surface area contributed by atoms with E-state index in [9.17, 15) is 9.59 Å². The van der Waals surface area contributed by atoms with Crippen LogP contribution in [-0.2, 0) is 19.1 Å². The van der Waals surface area contributed by atoms with Crippen LogP contribution in [0.25, 0.3) is 0 Å². The Hall–Kier alpha value is -1.68. The van der Waals surface area contributed by atoms with Gasteiger partial charge in [-0.3, -0.25) is 9.59 Å². The van der Waals surface area contributed by atoms with Gasteiger partial charge in [-0.1, -0.05) is 44.2 Å². The Morgan fingerprint density at radius 1 is 1.24 bits per heavy atom. The van der Waals surface area contributed by atoms with E-state index in [1.54, 1.807) is 6.92 Å². The third-order valence-electron chi connectivity index (χ3n) is 4.01. The van der Waals surface area contributed by atoms with Crippen LogP contribution in [0.2, 0.25) is 0 Å². The maximum atomic E-state index is 12.6. The summed E-state index contributed by atoms with van der Waals surface area (Å²) in [4.78, 5) is 24.8. The van der Waals surface area contributed by atoms with E-state index in [0.29, 0.717) is 0 Å². The highest BCUT2D eigenvalue weighted by atomic mass is 16.5. The van der Waals surface area contributed by atoms with Crippen LogP contribution in [0.1, 0.15) is 38.9 Å². The smallest absolute Gasteiger partial charge is 0.319 e. The van der Waals surface area contributed by atoms with Crippen LogP contribution in [0.15, 0.2) is 30.3 Å². The summed E-state index contributed by atoms with van der Waals surface area (Å²) in [5.41, 5.74) is 0.842. The molecule has 0 saturated carbocycles. The van der Waals surface area contributed by atoms with Gasteiger partial charge in [0, 0.05) is 5.92 Å². The number of ketones is 1. The molecule has 114 valence electrons. The Morgan fingerprint density at radius 2 is 1.90 bits per heavy atom. The van der Waals surface area contributed by atoms with Gasteiger partial charge in [0.05, 0.1) is 12.7 Å². The number of hydrogen-bond acceptors (Lipinski definition) is 4. The highest BCUT2D eigenvalue weighted by Crippen LogP contribution is 2.38. The lowest BCUT2D eigenvalue weighted by molar-refractivity contribution is -0.176. The molecule has 4 heteroatoms. The normalized spacial score (nSPS) is 29.2. The standard InChI is InChI=1S/C17H22O4/c1-4-13-11(3)15(18)14(17(19)20-5-2)16(21-13)12-9-7-6-8-10-12/h6-11,13-14,16H,4-5H2,1-3H3. The van der Waals surface area contributed by atoms with Crippen LogP contribution in [-0.4, -0.2) is 24.5 Å². The van der Waals surface area contributed by atoms with Crippen molar-refractivity contribution < 1.29 is 19.1 Å². The first-order valence-corrected chi connectivity index (χ1v) is 7.50. The molecule has 1 fully saturated rings. The van der Waals surface area contributed by atoms with Crippen molar-refractivity contribution in [1.29, 1.82) is 0 Å². The Morgan fingerprint density at radius 3 is 2.48 bits per heavy atom. The van der Waals surface area contributed by atoms with E-state index in [1.807, 2.05) is 44.2 Å². The molecule has 0 radical (unpaired) electrons. The minimum absolute atomic E-state index is 0.0830. The summed E-state index contributed by atoms with van der Waals surface area (Å²) in [6.07, 6.45) is 0.0264. The maximum absolute atomic E-state index is 12.6. The van der Waals surface area contributed by atoms with Gasteiger partial charge in [0.15, 0.2) is 5.78 Å². The van der Waals surface area contributed by atoms with Crippen molar-refractivity contribution in [2.45, 2.75) is 39.4 Å². The molecule has 0 aliphatic carbocycles. The predicted molar refractivity (Wildman–Crippen MR) is 78.6 cm³/mol. The molecule has 0 spiro atoms. The van der Waals surface area contributed by atoms with Crippen molar-refractivity contribution in [3.05, 3.63) is 35.9 Å². The van der Waals surface area contributed by atoms with Crippen molar-refractivity contribution in [3.63, 3.8) is 0 Å². The van der Waals surface area contributed by atoms with Crippen LogP contribution in [0.4, 0.5) is 0 Å². The molecule has 0 bridgehead atoms. The molecular formula is C17H22O4. The van der Waals surface area contributed by atoms with Gasteiger partial charge in [0.1, 0.15) is 12.0 Å². The number of ether oxygens (including phenoxy) is 2. The van der Waals surface area contributed by atoms with Gasteiger partial charge in [-0.25, -0.2) is 0 Å². The van der Waals surface area contributed by atoms with Gasteiger partial charge in [0.25, 0.3) is 0 Å². The topological polar surface area (TPSA) is 52.6 Å². The molecule has 0 amide bonds. The summed E-state index contributed by atoms with van der Waals surface area (Å²) in [6.45, 7) is 5.81. The quantitative estimate of drug-likeness (QED) is 0.632. The number of carbonyl (C=O) groups excluding carboxylic acids is 2. The van der Waals surface area contributed by atoms with Gasteiger partial charge in [-0.15, -0.1) is 0 Å². The fraction of sp³-hybridized carbons (Fsp3) is 0.529. The molecule has 1 aromatic carbocycles. The summed E-state index contributed by atoms with van der Waals surface area (Å²) in [5.74, 6) is -1.73. The molecule has 1 aromatic rings. The first-order chi connectivity index (χ1) is 10.1. The molecule has 2 rings (SSSR count). The summed E-state index contributed by atoms with van der Waals surface area (Å²) in [6, 6.07) is 9.42. The molecular weight excluding hydrogens is 268 g/mol. The number of carbonyl (C=O) groups is 2. The number of rotatable bonds is 4. The zero-order chi connectivity index (χ0) is 15.4. The van der Waals surface area contributed by atoms with Crippen LogP contribution in [0.5, 0.6) is 0 Å². The zero-order valence-corrected chi connectivity index (χ0v) is 12.7. The Labute approximate surface area is 125 Å². The predicted octanol–water partition coefficient (Wildman–Crippen LogP) is 2.92. The lowest BCUT2D eigenvalue weighted by atomic mass is 9.80. The van der Waals surface area contributed by atoms with Crippen LogP contribution in [0, 0.1) is 11.8 Å². The summed E-state index contributed by atoms with van der Waals surface area (Å²) < 4.78 is 11.1. The van der Waals surface area contributed by atoms with E-state index in [2.05, 4.69) is 0 Å². The number of Topliss-reactive ketones (excluding diaryl/α,β-unsaturated/α-hetero) is 1. The molecule has 21 heavy (non-hydrogen) atoms. The third kappa shape index (κ3) is 3.16. The molecule has 1 aliphatic rings. The van der Waals surface area contributed by atoms with E-state index in [1.165, 1.54) is 0 Å². The number of hydrogen-bond donors (Lipinski definition) is 0. The van der Waals surface area contributed by atoms with Gasteiger partial charge in [0.2, 0.25) is 0 Å². The van der Waals surface area contributed by atoms with Crippen LogP contribution in [0.3, 0.4) is 0 Å². The second-order valence-corrected chi connectivity index (χ2v) is 5.33. The van der Waals surface area contributed by atoms with Crippen LogP contribution >= 0.6 is 0 Å². The Balaban J connectivity index is 2.36. The number of esters is 1. The van der Waals surface area contributed by atoms with E-state index in [-0.39, 0.29) is 24.4 Å². The molecule has 4 nitrogen and oxygen atoms in total.